The van der Waals surface area contributed by atoms with Gasteiger partial charge in [0.25, 0.3) is 15.9 Å². The number of carbonyl (C=O) groups is 1. The second-order valence-corrected chi connectivity index (χ2v) is 10.7. The maximum Gasteiger partial charge on any atom is 0.267 e. The van der Waals surface area contributed by atoms with Gasteiger partial charge in [0, 0.05) is 22.4 Å². The highest BCUT2D eigenvalue weighted by atomic mass is 32.2. The molecule has 0 bridgehead atoms. The monoisotopic (exact) mass is 449 g/mol. The zero-order valence-electron chi connectivity index (χ0n) is 18.5. The number of aryl methyl sites for hydroxylation is 2. The Morgan fingerprint density at radius 2 is 1.72 bits per heavy atom. The molecule has 0 aliphatic heterocycles. The van der Waals surface area contributed by atoms with E-state index in [1.807, 2.05) is 37.3 Å². The highest BCUT2D eigenvalue weighted by Crippen LogP contribution is 2.38. The third-order valence-corrected chi connectivity index (χ3v) is 7.32. The van der Waals surface area contributed by atoms with E-state index in [0.717, 1.165) is 41.6 Å². The number of amides is 1. The minimum absolute atomic E-state index is 0.0241. The Morgan fingerprint density at radius 1 is 1.06 bits per heavy atom. The Labute approximate surface area is 188 Å². The fourth-order valence-corrected chi connectivity index (χ4v) is 5.12. The molecular formula is C25H27N3O3S. The molecule has 3 aromatic rings. The van der Waals surface area contributed by atoms with Gasteiger partial charge in [-0.2, -0.15) is 0 Å². The number of nitrogens with two attached hydrogens (primary N) is 1. The first-order valence-electron chi connectivity index (χ1n) is 10.6. The lowest BCUT2D eigenvalue weighted by Crippen LogP contribution is -2.32. The third-order valence-electron chi connectivity index (χ3n) is 5.98. The Bertz CT molecular complexity index is 1280. The van der Waals surface area contributed by atoms with Crippen molar-refractivity contribution in [2.24, 2.45) is 0 Å². The van der Waals surface area contributed by atoms with Crippen LogP contribution in [-0.4, -0.2) is 19.3 Å². The number of anilines is 1. The lowest BCUT2D eigenvalue weighted by molar-refractivity contribution is 0.0981. The molecule has 0 saturated carbocycles. The maximum atomic E-state index is 13.3. The van der Waals surface area contributed by atoms with Crippen LogP contribution < -0.4 is 10.5 Å². The van der Waals surface area contributed by atoms with Gasteiger partial charge in [-0.3, -0.25) is 9.78 Å². The molecule has 1 aromatic heterocycles. The van der Waals surface area contributed by atoms with Crippen LogP contribution in [0, 0.1) is 6.92 Å². The van der Waals surface area contributed by atoms with Crippen LogP contribution in [0.25, 0.3) is 11.3 Å². The van der Waals surface area contributed by atoms with E-state index in [-0.39, 0.29) is 15.9 Å². The van der Waals surface area contributed by atoms with Crippen LogP contribution in [0.15, 0.2) is 59.5 Å². The fourth-order valence-electron chi connectivity index (χ4n) is 4.16. The maximum absolute atomic E-state index is 13.3. The number of benzene rings is 2. The molecule has 4 rings (SSSR count). The Morgan fingerprint density at radius 3 is 2.38 bits per heavy atom. The average molecular weight is 450 g/mol. The van der Waals surface area contributed by atoms with E-state index in [0.29, 0.717) is 11.4 Å². The van der Waals surface area contributed by atoms with Gasteiger partial charge in [0.15, 0.2) is 0 Å². The summed E-state index contributed by atoms with van der Waals surface area (Å²) in [6, 6.07) is 15.3. The molecule has 3 N–H and O–H groups in total. The molecule has 6 nitrogen and oxygen atoms in total. The van der Waals surface area contributed by atoms with Crippen molar-refractivity contribution in [3.63, 3.8) is 0 Å². The number of aromatic nitrogens is 1. The Kier molecular flexibility index (Phi) is 5.54. The number of hydrogen-bond acceptors (Lipinski definition) is 5. The first-order chi connectivity index (χ1) is 15.1. The van der Waals surface area contributed by atoms with Crippen LogP contribution in [0.4, 0.5) is 5.69 Å². The second kappa shape index (κ2) is 8.06. The standard InChI is InChI=1S/C25H27N3O3S/c1-16-6-8-17(9-7-16)22-21(15-18-5-4-14-25(2,3)23(18)27-22)24(29)28-32(30,31)20-12-10-19(26)11-13-20/h6-13,15H,4-5,14,26H2,1-3H3,(H,28,29). The van der Waals surface area contributed by atoms with E-state index in [4.69, 9.17) is 10.7 Å². The number of carbonyl (C=O) groups excluding carboxylic acids is 1. The van der Waals surface area contributed by atoms with Gasteiger partial charge in [-0.1, -0.05) is 43.7 Å². The van der Waals surface area contributed by atoms with Gasteiger partial charge in [-0.15, -0.1) is 0 Å². The Hall–Kier alpha value is -3.19. The van der Waals surface area contributed by atoms with Crippen molar-refractivity contribution >= 4 is 21.6 Å². The average Bonchev–Trinajstić information content (AvgIpc) is 2.73. The predicted molar refractivity (Wildman–Crippen MR) is 126 cm³/mol. The fraction of sp³-hybridized carbons (Fsp3) is 0.280. The summed E-state index contributed by atoms with van der Waals surface area (Å²) in [4.78, 5) is 18.2. The van der Waals surface area contributed by atoms with Crippen molar-refractivity contribution in [3.05, 3.63) is 77.0 Å². The van der Waals surface area contributed by atoms with Gasteiger partial charge >= 0.3 is 0 Å². The van der Waals surface area contributed by atoms with E-state index in [1.165, 1.54) is 24.3 Å². The molecule has 1 heterocycles. The van der Waals surface area contributed by atoms with Crippen LogP contribution in [0.3, 0.4) is 0 Å². The molecule has 0 fully saturated rings. The van der Waals surface area contributed by atoms with Crippen LogP contribution in [-0.2, 0) is 21.9 Å². The van der Waals surface area contributed by atoms with Gasteiger partial charge in [0.2, 0.25) is 0 Å². The quantitative estimate of drug-likeness (QED) is 0.576. The summed E-state index contributed by atoms with van der Waals surface area (Å²) in [6.45, 7) is 6.30. The number of nitrogen functional groups attached to an aromatic ring is 1. The summed E-state index contributed by atoms with van der Waals surface area (Å²) >= 11 is 0. The van der Waals surface area contributed by atoms with Crippen molar-refractivity contribution in [1.82, 2.24) is 9.71 Å². The predicted octanol–water partition coefficient (Wildman–Crippen LogP) is 4.37. The zero-order chi connectivity index (χ0) is 23.1. The van der Waals surface area contributed by atoms with E-state index < -0.39 is 15.9 Å². The molecule has 32 heavy (non-hydrogen) atoms. The number of rotatable bonds is 4. The molecule has 0 saturated heterocycles. The van der Waals surface area contributed by atoms with Crippen molar-refractivity contribution < 1.29 is 13.2 Å². The molecule has 0 atom stereocenters. The molecule has 1 aliphatic rings. The summed E-state index contributed by atoms with van der Waals surface area (Å²) in [5.41, 5.74) is 10.5. The van der Waals surface area contributed by atoms with E-state index in [9.17, 15) is 13.2 Å². The summed E-state index contributed by atoms with van der Waals surface area (Å²) in [7, 11) is -4.06. The highest BCUT2D eigenvalue weighted by molar-refractivity contribution is 7.90. The zero-order valence-corrected chi connectivity index (χ0v) is 19.3. The molecule has 7 heteroatoms. The highest BCUT2D eigenvalue weighted by Gasteiger charge is 2.32. The molecule has 1 aliphatic carbocycles. The molecule has 1 amide bonds. The summed E-state index contributed by atoms with van der Waals surface area (Å²) in [5, 5.41) is 0. The SMILES string of the molecule is Cc1ccc(-c2nc3c(cc2C(=O)NS(=O)(=O)c2ccc(N)cc2)CCCC3(C)C)cc1. The minimum atomic E-state index is -4.06. The molecule has 0 radical (unpaired) electrons. The molecule has 2 aromatic carbocycles. The molecule has 166 valence electrons. The van der Waals surface area contributed by atoms with Gasteiger partial charge in [-0.25, -0.2) is 13.1 Å². The van der Waals surface area contributed by atoms with Gasteiger partial charge in [0.1, 0.15) is 0 Å². The summed E-state index contributed by atoms with van der Waals surface area (Å²) < 4.78 is 27.8. The van der Waals surface area contributed by atoms with Crippen molar-refractivity contribution in [3.8, 4) is 11.3 Å². The number of nitrogens with one attached hydrogen (secondary N) is 1. The van der Waals surface area contributed by atoms with Crippen LogP contribution in [0.2, 0.25) is 0 Å². The summed E-state index contributed by atoms with van der Waals surface area (Å²) in [6.07, 6.45) is 2.82. The van der Waals surface area contributed by atoms with Crippen molar-refractivity contribution in [2.45, 2.75) is 50.3 Å². The number of sulfonamides is 1. The van der Waals surface area contributed by atoms with Crippen LogP contribution >= 0.6 is 0 Å². The number of fused-ring (bicyclic) bond motifs is 1. The lowest BCUT2D eigenvalue weighted by Gasteiger charge is -2.32. The normalized spacial score (nSPS) is 15.1. The summed E-state index contributed by atoms with van der Waals surface area (Å²) in [5.74, 6) is -0.698. The number of pyridine rings is 1. The van der Waals surface area contributed by atoms with Gasteiger partial charge < -0.3 is 5.73 Å². The minimum Gasteiger partial charge on any atom is -0.399 e. The molecule has 0 unspecified atom stereocenters. The van der Waals surface area contributed by atoms with E-state index >= 15 is 0 Å². The first kappa shape index (κ1) is 22.0. The van der Waals surface area contributed by atoms with Crippen LogP contribution in [0.5, 0.6) is 0 Å². The number of nitrogens with zero attached hydrogens (tertiary/aromatic N) is 1. The van der Waals surface area contributed by atoms with E-state index in [2.05, 4.69) is 18.6 Å². The van der Waals surface area contributed by atoms with Crippen molar-refractivity contribution in [1.29, 1.82) is 0 Å². The van der Waals surface area contributed by atoms with Gasteiger partial charge in [-0.05, 0) is 62.1 Å². The van der Waals surface area contributed by atoms with E-state index in [1.54, 1.807) is 0 Å². The van der Waals surface area contributed by atoms with Crippen LogP contribution in [0.1, 0.15) is 53.9 Å². The molecule has 0 spiro atoms. The smallest absolute Gasteiger partial charge is 0.267 e. The Balaban J connectivity index is 1.80. The topological polar surface area (TPSA) is 102 Å². The third kappa shape index (κ3) is 4.25. The largest absolute Gasteiger partial charge is 0.399 e. The second-order valence-electron chi connectivity index (χ2n) is 9.00. The first-order valence-corrected chi connectivity index (χ1v) is 12.1. The van der Waals surface area contributed by atoms with Crippen molar-refractivity contribution in [2.75, 3.05) is 5.73 Å². The van der Waals surface area contributed by atoms with Gasteiger partial charge in [0.05, 0.1) is 16.2 Å². The molecular weight excluding hydrogens is 422 g/mol. The lowest BCUT2D eigenvalue weighted by atomic mass is 9.75. The number of hydrogen-bond donors (Lipinski definition) is 2.